The summed E-state index contributed by atoms with van der Waals surface area (Å²) in [6.07, 6.45) is 1.27. The van der Waals surface area contributed by atoms with Gasteiger partial charge in [-0.2, -0.15) is 0 Å². The molecule has 0 spiro atoms. The Morgan fingerprint density at radius 3 is 2.69 bits per heavy atom. The third-order valence-electron chi connectivity index (χ3n) is 1.71. The molecular formula is C8H5NO4. The van der Waals surface area contributed by atoms with Crippen LogP contribution in [0, 0.1) is 0 Å². The molecule has 2 rings (SSSR count). The van der Waals surface area contributed by atoms with Crippen LogP contribution in [-0.4, -0.2) is 24.0 Å². The second-order valence-corrected chi connectivity index (χ2v) is 2.45. The van der Waals surface area contributed by atoms with Gasteiger partial charge < -0.3 is 9.47 Å². The first-order valence-corrected chi connectivity index (χ1v) is 3.53. The van der Waals surface area contributed by atoms with Gasteiger partial charge in [-0.15, -0.1) is 0 Å². The van der Waals surface area contributed by atoms with Crippen LogP contribution < -0.4 is 4.74 Å². The zero-order chi connectivity index (χ0) is 9.42. The van der Waals surface area contributed by atoms with Crippen molar-refractivity contribution < 1.29 is 19.1 Å². The maximum absolute atomic E-state index is 11.0. The fourth-order valence-corrected chi connectivity index (χ4v) is 1.07. The molecule has 2 heterocycles. The Balaban J connectivity index is 2.58. The summed E-state index contributed by atoms with van der Waals surface area (Å²) in [4.78, 5) is 25.7. The molecule has 0 bridgehead atoms. The molecule has 0 aromatic carbocycles. The van der Waals surface area contributed by atoms with E-state index >= 15 is 0 Å². The lowest BCUT2D eigenvalue weighted by Gasteiger charge is -1.97. The summed E-state index contributed by atoms with van der Waals surface area (Å²) in [5.41, 5.74) is 0.391. The molecule has 13 heavy (non-hydrogen) atoms. The highest BCUT2D eigenvalue weighted by Crippen LogP contribution is 2.21. The predicted molar refractivity (Wildman–Crippen MR) is 40.5 cm³/mol. The number of carbonyl (C=O) groups excluding carboxylic acids is 2. The Morgan fingerprint density at radius 2 is 2.00 bits per heavy atom. The Bertz CT molecular complexity index is 399. The zero-order valence-corrected chi connectivity index (χ0v) is 6.73. The van der Waals surface area contributed by atoms with Crippen LogP contribution in [0.2, 0.25) is 0 Å². The fourth-order valence-electron chi connectivity index (χ4n) is 1.07. The average Bonchev–Trinajstić information content (AvgIpc) is 2.42. The highest BCUT2D eigenvalue weighted by atomic mass is 16.6. The van der Waals surface area contributed by atoms with E-state index in [1.54, 1.807) is 0 Å². The standard InChI is InChI=1S/C8H5NO4/c1-12-6-2-4-5(3-9-6)8(11)13-7(4)10/h2-3H,1H3. The van der Waals surface area contributed by atoms with E-state index in [9.17, 15) is 9.59 Å². The third-order valence-corrected chi connectivity index (χ3v) is 1.71. The highest BCUT2D eigenvalue weighted by Gasteiger charge is 2.30. The molecule has 1 aliphatic heterocycles. The summed E-state index contributed by atoms with van der Waals surface area (Å²) in [7, 11) is 1.43. The molecule has 0 amide bonds. The molecule has 0 saturated carbocycles. The minimum absolute atomic E-state index is 0.186. The van der Waals surface area contributed by atoms with Crippen molar-refractivity contribution in [3.8, 4) is 5.88 Å². The SMILES string of the molecule is COc1cc2c(cn1)C(=O)OC2=O. The van der Waals surface area contributed by atoms with Gasteiger partial charge in [-0.3, -0.25) is 0 Å². The Hall–Kier alpha value is -1.91. The normalized spacial score (nSPS) is 13.9. The maximum atomic E-state index is 11.0. The molecular weight excluding hydrogens is 174 g/mol. The Kier molecular flexibility index (Phi) is 1.51. The number of cyclic esters (lactones) is 2. The summed E-state index contributed by atoms with van der Waals surface area (Å²) in [6.45, 7) is 0. The molecule has 1 aromatic rings. The van der Waals surface area contributed by atoms with Gasteiger partial charge in [0, 0.05) is 12.3 Å². The van der Waals surface area contributed by atoms with Crippen LogP contribution in [0.1, 0.15) is 20.7 Å². The number of rotatable bonds is 1. The van der Waals surface area contributed by atoms with E-state index in [1.807, 2.05) is 0 Å². The molecule has 5 nitrogen and oxygen atoms in total. The van der Waals surface area contributed by atoms with E-state index in [0.717, 1.165) is 0 Å². The topological polar surface area (TPSA) is 65.5 Å². The van der Waals surface area contributed by atoms with E-state index in [1.165, 1.54) is 19.4 Å². The van der Waals surface area contributed by atoms with Crippen LogP contribution in [-0.2, 0) is 4.74 Å². The lowest BCUT2D eigenvalue weighted by molar-refractivity contribution is 0.0443. The van der Waals surface area contributed by atoms with E-state index < -0.39 is 11.9 Å². The van der Waals surface area contributed by atoms with Crippen LogP contribution in [0.4, 0.5) is 0 Å². The number of esters is 2. The van der Waals surface area contributed by atoms with Crippen molar-refractivity contribution in [3.05, 3.63) is 23.4 Å². The summed E-state index contributed by atoms with van der Waals surface area (Å²) >= 11 is 0. The summed E-state index contributed by atoms with van der Waals surface area (Å²) in [6, 6.07) is 1.38. The van der Waals surface area contributed by atoms with E-state index in [4.69, 9.17) is 4.74 Å². The van der Waals surface area contributed by atoms with Crippen LogP contribution >= 0.6 is 0 Å². The molecule has 0 atom stereocenters. The van der Waals surface area contributed by atoms with Crippen LogP contribution in [0.15, 0.2) is 12.3 Å². The van der Waals surface area contributed by atoms with E-state index in [2.05, 4.69) is 9.72 Å². The second-order valence-electron chi connectivity index (χ2n) is 2.45. The van der Waals surface area contributed by atoms with Gasteiger partial charge in [0.1, 0.15) is 0 Å². The number of hydrogen-bond donors (Lipinski definition) is 0. The number of carbonyl (C=O) groups is 2. The molecule has 0 fully saturated rings. The van der Waals surface area contributed by atoms with Crippen LogP contribution in [0.25, 0.3) is 0 Å². The molecule has 1 aromatic heterocycles. The quantitative estimate of drug-likeness (QED) is 0.461. The largest absolute Gasteiger partial charge is 0.481 e. The molecule has 0 radical (unpaired) electrons. The highest BCUT2D eigenvalue weighted by molar-refractivity contribution is 6.14. The van der Waals surface area contributed by atoms with Crippen molar-refractivity contribution in [1.82, 2.24) is 4.98 Å². The smallest absolute Gasteiger partial charge is 0.348 e. The van der Waals surface area contributed by atoms with E-state index in [0.29, 0.717) is 0 Å². The van der Waals surface area contributed by atoms with Crippen molar-refractivity contribution in [2.75, 3.05) is 7.11 Å². The third kappa shape index (κ3) is 1.05. The van der Waals surface area contributed by atoms with Gasteiger partial charge in [-0.05, 0) is 0 Å². The van der Waals surface area contributed by atoms with Crippen molar-refractivity contribution in [2.24, 2.45) is 0 Å². The molecule has 5 heteroatoms. The lowest BCUT2D eigenvalue weighted by atomic mass is 10.2. The first kappa shape index (κ1) is 7.72. The number of nitrogens with zero attached hydrogens (tertiary/aromatic N) is 1. The first-order chi connectivity index (χ1) is 6.22. The monoisotopic (exact) mass is 179 g/mol. The van der Waals surface area contributed by atoms with Crippen molar-refractivity contribution in [3.63, 3.8) is 0 Å². The average molecular weight is 179 g/mol. The van der Waals surface area contributed by atoms with Crippen molar-refractivity contribution >= 4 is 11.9 Å². The van der Waals surface area contributed by atoms with Gasteiger partial charge in [-0.1, -0.05) is 0 Å². The lowest BCUT2D eigenvalue weighted by Crippen LogP contribution is -1.96. The second kappa shape index (κ2) is 2.55. The van der Waals surface area contributed by atoms with Crippen molar-refractivity contribution in [2.45, 2.75) is 0 Å². The fraction of sp³-hybridized carbons (Fsp3) is 0.125. The number of hydrogen-bond acceptors (Lipinski definition) is 5. The van der Waals surface area contributed by atoms with Gasteiger partial charge in [0.2, 0.25) is 5.88 Å². The molecule has 66 valence electrons. The Morgan fingerprint density at radius 1 is 1.31 bits per heavy atom. The number of pyridine rings is 1. The zero-order valence-electron chi connectivity index (χ0n) is 6.73. The molecule has 0 N–H and O–H groups in total. The number of ether oxygens (including phenoxy) is 2. The number of aromatic nitrogens is 1. The van der Waals surface area contributed by atoms with Gasteiger partial charge in [-0.25, -0.2) is 14.6 Å². The van der Waals surface area contributed by atoms with Gasteiger partial charge in [0.15, 0.2) is 0 Å². The van der Waals surface area contributed by atoms with Crippen molar-refractivity contribution in [1.29, 1.82) is 0 Å². The summed E-state index contributed by atoms with van der Waals surface area (Å²) in [5.74, 6) is -1.03. The minimum atomic E-state index is -0.657. The first-order valence-electron chi connectivity index (χ1n) is 3.53. The number of fused-ring (bicyclic) bond motifs is 1. The van der Waals surface area contributed by atoms with Gasteiger partial charge in [0.05, 0.1) is 18.2 Å². The molecule has 0 saturated heterocycles. The van der Waals surface area contributed by atoms with Gasteiger partial charge >= 0.3 is 11.9 Å². The summed E-state index contributed by atoms with van der Waals surface area (Å²) < 4.78 is 9.15. The Labute approximate surface area is 73.3 Å². The predicted octanol–water partition coefficient (Wildman–Crippen LogP) is 0.401. The summed E-state index contributed by atoms with van der Waals surface area (Å²) in [5, 5.41) is 0. The molecule has 1 aliphatic rings. The molecule has 0 unspecified atom stereocenters. The number of methoxy groups -OCH3 is 1. The van der Waals surface area contributed by atoms with Crippen LogP contribution in [0.5, 0.6) is 5.88 Å². The maximum Gasteiger partial charge on any atom is 0.348 e. The minimum Gasteiger partial charge on any atom is -0.481 e. The van der Waals surface area contributed by atoms with Gasteiger partial charge in [0.25, 0.3) is 0 Å². The van der Waals surface area contributed by atoms with Crippen LogP contribution in [0.3, 0.4) is 0 Å². The van der Waals surface area contributed by atoms with E-state index in [-0.39, 0.29) is 17.0 Å². The molecule has 0 aliphatic carbocycles.